The Balaban J connectivity index is 2.88. The summed E-state index contributed by atoms with van der Waals surface area (Å²) in [5.41, 5.74) is 0. The lowest BCUT2D eigenvalue weighted by molar-refractivity contribution is 0.186. The van der Waals surface area contributed by atoms with Crippen molar-refractivity contribution in [2.24, 2.45) is 0 Å². The van der Waals surface area contributed by atoms with Gasteiger partial charge in [0.2, 0.25) is 0 Å². The maximum Gasteiger partial charge on any atom is 0.0587 e. The van der Waals surface area contributed by atoms with Gasteiger partial charge in [0.05, 0.1) is 13.2 Å². The molecule has 0 radical (unpaired) electrons. The summed E-state index contributed by atoms with van der Waals surface area (Å²) in [6, 6.07) is 0.181. The molecule has 0 saturated carbocycles. The first-order valence-corrected chi connectivity index (χ1v) is 3.14. The maximum absolute atomic E-state index is 8.53. The molecule has 1 atom stereocenters. The van der Waals surface area contributed by atoms with Crippen LogP contribution in [0.15, 0.2) is 0 Å². The zero-order valence-electron chi connectivity index (χ0n) is 6.05. The van der Waals surface area contributed by atoms with E-state index in [0.717, 1.165) is 6.54 Å². The highest BCUT2D eigenvalue weighted by Gasteiger charge is 1.94. The van der Waals surface area contributed by atoms with Gasteiger partial charge >= 0.3 is 0 Å². The molecule has 1 unspecified atom stereocenters. The Morgan fingerprint density at radius 1 is 1.67 bits per heavy atom. The van der Waals surface area contributed by atoms with Crippen LogP contribution < -0.4 is 5.32 Å². The van der Waals surface area contributed by atoms with E-state index in [2.05, 4.69) is 5.32 Å². The lowest BCUT2D eigenvalue weighted by Crippen LogP contribution is -2.31. The number of ether oxygens (including phenoxy) is 1. The third kappa shape index (κ3) is 5.76. The average Bonchev–Trinajstić information content (AvgIpc) is 1.89. The average molecular weight is 133 g/mol. The molecule has 0 amide bonds. The van der Waals surface area contributed by atoms with Crippen molar-refractivity contribution in [3.63, 3.8) is 0 Å². The molecule has 0 heterocycles. The van der Waals surface area contributed by atoms with Gasteiger partial charge in [-0.25, -0.2) is 0 Å². The quantitative estimate of drug-likeness (QED) is 0.501. The highest BCUT2D eigenvalue weighted by Crippen LogP contribution is 1.75. The normalized spacial score (nSPS) is 13.7. The SMILES string of the molecule is COCCNC(C)CO. The van der Waals surface area contributed by atoms with Crippen LogP contribution in [0.2, 0.25) is 0 Å². The van der Waals surface area contributed by atoms with Crippen LogP contribution in [0.3, 0.4) is 0 Å². The molecule has 0 saturated heterocycles. The van der Waals surface area contributed by atoms with Crippen LogP contribution in [-0.2, 0) is 4.74 Å². The number of aliphatic hydroxyl groups excluding tert-OH is 1. The Kier molecular flexibility index (Phi) is 5.93. The number of rotatable bonds is 5. The van der Waals surface area contributed by atoms with Crippen molar-refractivity contribution in [1.82, 2.24) is 5.32 Å². The van der Waals surface area contributed by atoms with Gasteiger partial charge < -0.3 is 15.2 Å². The molecule has 3 nitrogen and oxygen atoms in total. The van der Waals surface area contributed by atoms with E-state index in [1.54, 1.807) is 7.11 Å². The summed E-state index contributed by atoms with van der Waals surface area (Å²) >= 11 is 0. The van der Waals surface area contributed by atoms with Gasteiger partial charge in [-0.05, 0) is 6.92 Å². The number of nitrogens with one attached hydrogen (secondary N) is 1. The second-order valence-corrected chi connectivity index (χ2v) is 2.03. The van der Waals surface area contributed by atoms with Crippen LogP contribution in [0.4, 0.5) is 0 Å². The molecule has 0 aromatic carbocycles. The summed E-state index contributed by atoms with van der Waals surface area (Å²) in [5.74, 6) is 0. The Morgan fingerprint density at radius 2 is 2.33 bits per heavy atom. The Morgan fingerprint density at radius 3 is 2.78 bits per heavy atom. The Labute approximate surface area is 56.0 Å². The molecule has 0 aliphatic rings. The van der Waals surface area contributed by atoms with E-state index < -0.39 is 0 Å². The third-order valence-electron chi connectivity index (χ3n) is 1.07. The number of hydrogen-bond acceptors (Lipinski definition) is 3. The van der Waals surface area contributed by atoms with E-state index >= 15 is 0 Å². The Bertz CT molecular complexity index is 59.0. The van der Waals surface area contributed by atoms with Crippen molar-refractivity contribution in [2.75, 3.05) is 26.9 Å². The molecule has 0 aliphatic carbocycles. The number of methoxy groups -OCH3 is 1. The molecule has 0 aromatic rings. The molecular formula is C6H15NO2. The van der Waals surface area contributed by atoms with Crippen LogP contribution in [-0.4, -0.2) is 38.0 Å². The van der Waals surface area contributed by atoms with Crippen LogP contribution in [0.5, 0.6) is 0 Å². The van der Waals surface area contributed by atoms with Gasteiger partial charge in [-0.3, -0.25) is 0 Å². The van der Waals surface area contributed by atoms with Crippen molar-refractivity contribution >= 4 is 0 Å². The first-order chi connectivity index (χ1) is 4.31. The zero-order valence-corrected chi connectivity index (χ0v) is 6.05. The highest BCUT2D eigenvalue weighted by molar-refractivity contribution is 4.55. The van der Waals surface area contributed by atoms with Gasteiger partial charge in [0.1, 0.15) is 0 Å². The molecule has 2 N–H and O–H groups in total. The summed E-state index contributed by atoms with van der Waals surface area (Å²) in [5, 5.41) is 11.6. The summed E-state index contributed by atoms with van der Waals surface area (Å²) in [6.07, 6.45) is 0. The van der Waals surface area contributed by atoms with Crippen LogP contribution in [0, 0.1) is 0 Å². The van der Waals surface area contributed by atoms with Crippen molar-refractivity contribution in [3.05, 3.63) is 0 Å². The summed E-state index contributed by atoms with van der Waals surface area (Å²) < 4.78 is 4.79. The second kappa shape index (κ2) is 6.01. The van der Waals surface area contributed by atoms with E-state index in [1.165, 1.54) is 0 Å². The van der Waals surface area contributed by atoms with E-state index in [4.69, 9.17) is 9.84 Å². The molecule has 0 fully saturated rings. The number of aliphatic hydroxyl groups is 1. The third-order valence-corrected chi connectivity index (χ3v) is 1.07. The van der Waals surface area contributed by atoms with Crippen molar-refractivity contribution in [1.29, 1.82) is 0 Å². The minimum Gasteiger partial charge on any atom is -0.395 e. The maximum atomic E-state index is 8.53. The van der Waals surface area contributed by atoms with Gasteiger partial charge in [0.15, 0.2) is 0 Å². The van der Waals surface area contributed by atoms with Gasteiger partial charge in [-0.1, -0.05) is 0 Å². The van der Waals surface area contributed by atoms with E-state index in [0.29, 0.717) is 6.61 Å². The summed E-state index contributed by atoms with van der Waals surface area (Å²) in [6.45, 7) is 3.61. The van der Waals surface area contributed by atoms with Crippen LogP contribution in [0.25, 0.3) is 0 Å². The van der Waals surface area contributed by atoms with E-state index in [1.807, 2.05) is 6.92 Å². The van der Waals surface area contributed by atoms with Crippen LogP contribution >= 0.6 is 0 Å². The molecule has 0 bridgehead atoms. The van der Waals surface area contributed by atoms with Gasteiger partial charge in [-0.15, -0.1) is 0 Å². The lowest BCUT2D eigenvalue weighted by Gasteiger charge is -2.08. The monoisotopic (exact) mass is 133 g/mol. The smallest absolute Gasteiger partial charge is 0.0587 e. The lowest BCUT2D eigenvalue weighted by atomic mass is 10.4. The van der Waals surface area contributed by atoms with Crippen molar-refractivity contribution in [3.8, 4) is 0 Å². The largest absolute Gasteiger partial charge is 0.395 e. The minimum atomic E-state index is 0.181. The minimum absolute atomic E-state index is 0.181. The molecule has 0 aliphatic heterocycles. The zero-order chi connectivity index (χ0) is 7.11. The summed E-state index contributed by atoms with van der Waals surface area (Å²) in [4.78, 5) is 0. The molecule has 3 heteroatoms. The second-order valence-electron chi connectivity index (χ2n) is 2.03. The van der Waals surface area contributed by atoms with Crippen molar-refractivity contribution < 1.29 is 9.84 Å². The van der Waals surface area contributed by atoms with Gasteiger partial charge in [0, 0.05) is 19.7 Å². The molecule has 9 heavy (non-hydrogen) atoms. The van der Waals surface area contributed by atoms with E-state index in [9.17, 15) is 0 Å². The fourth-order valence-electron chi connectivity index (χ4n) is 0.472. The van der Waals surface area contributed by atoms with Gasteiger partial charge in [0.25, 0.3) is 0 Å². The fraction of sp³-hybridized carbons (Fsp3) is 1.00. The Hall–Kier alpha value is -0.120. The first kappa shape index (κ1) is 8.88. The first-order valence-electron chi connectivity index (χ1n) is 3.14. The topological polar surface area (TPSA) is 41.5 Å². The molecule has 56 valence electrons. The molecule has 0 rings (SSSR count). The van der Waals surface area contributed by atoms with Gasteiger partial charge in [-0.2, -0.15) is 0 Å². The molecule has 0 aromatic heterocycles. The van der Waals surface area contributed by atoms with E-state index in [-0.39, 0.29) is 12.6 Å². The summed E-state index contributed by atoms with van der Waals surface area (Å²) in [7, 11) is 1.66. The van der Waals surface area contributed by atoms with Crippen LogP contribution in [0.1, 0.15) is 6.92 Å². The predicted molar refractivity (Wildman–Crippen MR) is 36.4 cm³/mol. The van der Waals surface area contributed by atoms with Crippen molar-refractivity contribution in [2.45, 2.75) is 13.0 Å². The fourth-order valence-corrected chi connectivity index (χ4v) is 0.472. The number of hydrogen-bond donors (Lipinski definition) is 2. The molecular weight excluding hydrogens is 118 g/mol. The standard InChI is InChI=1S/C6H15NO2/c1-6(5-8)7-3-4-9-2/h6-8H,3-5H2,1-2H3. The predicted octanol–water partition coefficient (Wildman–Crippen LogP) is -0.397. The molecule has 0 spiro atoms. The highest BCUT2D eigenvalue weighted by atomic mass is 16.5.